The Morgan fingerprint density at radius 2 is 1.96 bits per heavy atom. The number of hydrogen-bond donors (Lipinski definition) is 2. The largest absolute Gasteiger partial charge is 0.411 e. The standard InChI is InChI=1S/C18H37NO4Si/c1-13-11-16(23-24(6,7)18(3,4)5)17(12-19-14(2)21)22-15(13)9-8-10-20/h13,15-17,20H,8-12H2,1-7H3,(H,19,21)/t13-,15-,16-,17+/m0/s1. The van der Waals surface area contributed by atoms with Gasteiger partial charge in [-0.1, -0.05) is 27.7 Å². The second kappa shape index (κ2) is 8.78. The minimum absolute atomic E-state index is 0.0121. The van der Waals surface area contributed by atoms with Gasteiger partial charge in [-0.05, 0) is 43.3 Å². The molecule has 1 heterocycles. The lowest BCUT2D eigenvalue weighted by Gasteiger charge is -2.46. The fourth-order valence-electron chi connectivity index (χ4n) is 2.86. The van der Waals surface area contributed by atoms with Crippen molar-refractivity contribution >= 4 is 14.2 Å². The molecule has 2 N–H and O–H groups in total. The average Bonchev–Trinajstić information content (AvgIpc) is 2.43. The zero-order chi connectivity index (χ0) is 18.5. The van der Waals surface area contributed by atoms with E-state index in [4.69, 9.17) is 14.3 Å². The van der Waals surface area contributed by atoms with Crippen molar-refractivity contribution in [2.45, 2.75) is 90.3 Å². The lowest BCUT2D eigenvalue weighted by atomic mass is 9.89. The van der Waals surface area contributed by atoms with Crippen molar-refractivity contribution in [3.05, 3.63) is 0 Å². The SMILES string of the molecule is CC(=O)NC[C@H]1O[C@@H](CCCO)[C@@H](C)C[C@@H]1O[Si](C)(C)C(C)(C)C. The predicted octanol–water partition coefficient (Wildman–Crippen LogP) is 3.08. The maximum absolute atomic E-state index is 11.3. The van der Waals surface area contributed by atoms with Crippen LogP contribution in [-0.4, -0.2) is 50.8 Å². The van der Waals surface area contributed by atoms with Gasteiger partial charge in [0.25, 0.3) is 0 Å². The Labute approximate surface area is 148 Å². The molecule has 0 spiro atoms. The number of rotatable bonds is 7. The average molecular weight is 360 g/mol. The van der Waals surface area contributed by atoms with E-state index in [9.17, 15) is 4.79 Å². The normalized spacial score (nSPS) is 28.7. The molecule has 0 unspecified atom stereocenters. The van der Waals surface area contributed by atoms with Crippen molar-refractivity contribution < 1.29 is 19.1 Å². The smallest absolute Gasteiger partial charge is 0.216 e. The van der Waals surface area contributed by atoms with Crippen LogP contribution in [0.15, 0.2) is 0 Å². The van der Waals surface area contributed by atoms with Gasteiger partial charge in [0.1, 0.15) is 6.10 Å². The van der Waals surface area contributed by atoms with Gasteiger partial charge in [-0.25, -0.2) is 0 Å². The van der Waals surface area contributed by atoms with E-state index in [0.29, 0.717) is 12.5 Å². The van der Waals surface area contributed by atoms with Crippen LogP contribution in [0.4, 0.5) is 0 Å². The Hall–Kier alpha value is -0.433. The second-order valence-electron chi connectivity index (χ2n) is 8.65. The molecule has 1 rings (SSSR count). The van der Waals surface area contributed by atoms with Crippen molar-refractivity contribution in [2.75, 3.05) is 13.2 Å². The van der Waals surface area contributed by atoms with Gasteiger partial charge in [0, 0.05) is 20.1 Å². The first kappa shape index (κ1) is 21.6. The molecule has 0 saturated carbocycles. The third kappa shape index (κ3) is 6.13. The van der Waals surface area contributed by atoms with Crippen LogP contribution in [0.3, 0.4) is 0 Å². The van der Waals surface area contributed by atoms with Crippen molar-refractivity contribution in [1.82, 2.24) is 5.32 Å². The van der Waals surface area contributed by atoms with E-state index in [0.717, 1.165) is 19.3 Å². The Morgan fingerprint density at radius 1 is 1.33 bits per heavy atom. The number of carbonyl (C=O) groups is 1. The summed E-state index contributed by atoms with van der Waals surface area (Å²) >= 11 is 0. The third-order valence-electron chi connectivity index (χ3n) is 5.45. The molecule has 6 heteroatoms. The molecule has 1 saturated heterocycles. The van der Waals surface area contributed by atoms with Gasteiger partial charge in [-0.15, -0.1) is 0 Å². The quantitative estimate of drug-likeness (QED) is 0.686. The highest BCUT2D eigenvalue weighted by Gasteiger charge is 2.44. The van der Waals surface area contributed by atoms with E-state index < -0.39 is 8.32 Å². The number of hydrogen-bond acceptors (Lipinski definition) is 4. The Balaban J connectivity index is 2.84. The summed E-state index contributed by atoms with van der Waals surface area (Å²) in [7, 11) is -1.90. The predicted molar refractivity (Wildman–Crippen MR) is 99.5 cm³/mol. The molecule has 142 valence electrons. The number of ether oxygens (including phenoxy) is 1. The van der Waals surface area contributed by atoms with Crippen LogP contribution in [0, 0.1) is 5.92 Å². The summed E-state index contributed by atoms with van der Waals surface area (Å²) in [4.78, 5) is 11.3. The highest BCUT2D eigenvalue weighted by molar-refractivity contribution is 6.74. The molecule has 0 aromatic heterocycles. The fraction of sp³-hybridized carbons (Fsp3) is 0.944. The first-order valence-electron chi connectivity index (χ1n) is 9.16. The molecular formula is C18H37NO4Si. The summed E-state index contributed by atoms with van der Waals surface area (Å²) in [6.07, 6.45) is 2.54. The van der Waals surface area contributed by atoms with Crippen LogP contribution in [0.25, 0.3) is 0 Å². The number of aliphatic hydroxyl groups is 1. The number of nitrogens with one attached hydrogen (secondary N) is 1. The lowest BCUT2D eigenvalue weighted by molar-refractivity contribution is -0.141. The van der Waals surface area contributed by atoms with Gasteiger partial charge >= 0.3 is 0 Å². The van der Waals surface area contributed by atoms with Gasteiger partial charge in [0.05, 0.1) is 12.2 Å². The van der Waals surface area contributed by atoms with Crippen LogP contribution < -0.4 is 5.32 Å². The molecule has 1 fully saturated rings. The van der Waals surface area contributed by atoms with E-state index in [-0.39, 0.29) is 35.9 Å². The van der Waals surface area contributed by atoms with Crippen LogP contribution in [-0.2, 0) is 14.0 Å². The van der Waals surface area contributed by atoms with Crippen molar-refractivity contribution in [3.63, 3.8) is 0 Å². The molecular weight excluding hydrogens is 322 g/mol. The summed E-state index contributed by atoms with van der Waals surface area (Å²) < 4.78 is 12.9. The van der Waals surface area contributed by atoms with Gasteiger partial charge in [0.15, 0.2) is 8.32 Å². The van der Waals surface area contributed by atoms with Crippen molar-refractivity contribution in [3.8, 4) is 0 Å². The van der Waals surface area contributed by atoms with Crippen LogP contribution in [0.5, 0.6) is 0 Å². The maximum Gasteiger partial charge on any atom is 0.216 e. The van der Waals surface area contributed by atoms with Gasteiger partial charge in [0.2, 0.25) is 5.91 Å². The number of carbonyl (C=O) groups excluding carboxylic acids is 1. The molecule has 0 radical (unpaired) electrons. The fourth-order valence-corrected chi connectivity index (χ4v) is 4.22. The molecule has 1 amide bonds. The molecule has 0 aromatic carbocycles. The molecule has 1 aliphatic heterocycles. The number of amides is 1. The summed E-state index contributed by atoms with van der Waals surface area (Å²) in [5.74, 6) is 0.343. The first-order valence-corrected chi connectivity index (χ1v) is 12.1. The van der Waals surface area contributed by atoms with Crippen LogP contribution in [0.2, 0.25) is 18.1 Å². The number of aliphatic hydroxyl groups excluding tert-OH is 1. The monoisotopic (exact) mass is 359 g/mol. The van der Waals surface area contributed by atoms with E-state index >= 15 is 0 Å². The first-order chi connectivity index (χ1) is 11.0. The van der Waals surface area contributed by atoms with Gasteiger partial charge in [-0.2, -0.15) is 0 Å². The lowest BCUT2D eigenvalue weighted by Crippen LogP contribution is -2.54. The van der Waals surface area contributed by atoms with E-state index in [1.54, 1.807) is 0 Å². The van der Waals surface area contributed by atoms with Gasteiger partial charge < -0.3 is 19.6 Å². The highest BCUT2D eigenvalue weighted by Crippen LogP contribution is 2.40. The Kier molecular flexibility index (Phi) is 7.91. The minimum atomic E-state index is -1.90. The zero-order valence-electron chi connectivity index (χ0n) is 16.5. The maximum atomic E-state index is 11.3. The molecule has 4 atom stereocenters. The minimum Gasteiger partial charge on any atom is -0.411 e. The molecule has 24 heavy (non-hydrogen) atoms. The van der Waals surface area contributed by atoms with E-state index in [1.165, 1.54) is 6.92 Å². The Bertz CT molecular complexity index is 408. The molecule has 0 bridgehead atoms. The topological polar surface area (TPSA) is 67.8 Å². The van der Waals surface area contributed by atoms with E-state index in [2.05, 4.69) is 46.1 Å². The molecule has 5 nitrogen and oxygen atoms in total. The Morgan fingerprint density at radius 3 is 2.46 bits per heavy atom. The van der Waals surface area contributed by atoms with Crippen LogP contribution >= 0.6 is 0 Å². The third-order valence-corrected chi connectivity index (χ3v) is 9.96. The summed E-state index contributed by atoms with van der Waals surface area (Å²) in [6.45, 7) is 15.6. The van der Waals surface area contributed by atoms with Crippen molar-refractivity contribution in [2.24, 2.45) is 5.92 Å². The summed E-state index contributed by atoms with van der Waals surface area (Å²) in [5, 5.41) is 12.1. The molecule has 0 aliphatic carbocycles. The highest BCUT2D eigenvalue weighted by atomic mass is 28.4. The molecule has 0 aromatic rings. The van der Waals surface area contributed by atoms with E-state index in [1.807, 2.05) is 0 Å². The van der Waals surface area contributed by atoms with Gasteiger partial charge in [-0.3, -0.25) is 4.79 Å². The van der Waals surface area contributed by atoms with Crippen molar-refractivity contribution in [1.29, 1.82) is 0 Å². The summed E-state index contributed by atoms with van der Waals surface area (Å²) in [5.41, 5.74) is 0. The summed E-state index contributed by atoms with van der Waals surface area (Å²) in [6, 6.07) is 0. The molecule has 1 aliphatic rings. The zero-order valence-corrected chi connectivity index (χ0v) is 17.5. The second-order valence-corrected chi connectivity index (χ2v) is 13.4. The van der Waals surface area contributed by atoms with Crippen LogP contribution in [0.1, 0.15) is 53.9 Å².